The summed E-state index contributed by atoms with van der Waals surface area (Å²) in [6.07, 6.45) is -2.47. The Morgan fingerprint density at radius 1 is 1.15 bits per heavy atom. The van der Waals surface area contributed by atoms with Crippen LogP contribution in [0.3, 0.4) is 0 Å². The Morgan fingerprint density at radius 3 is 2.55 bits per heavy atom. The summed E-state index contributed by atoms with van der Waals surface area (Å²) in [7, 11) is 4.02. The number of hydrogen-bond acceptors (Lipinski definition) is 4. The molecule has 0 fully saturated rings. The van der Waals surface area contributed by atoms with Gasteiger partial charge in [0.15, 0.2) is 0 Å². The van der Waals surface area contributed by atoms with E-state index in [9.17, 15) is 28.0 Å². The minimum atomic E-state index is -4.61. The van der Waals surface area contributed by atoms with Crippen LogP contribution in [-0.4, -0.2) is 52.1 Å². The van der Waals surface area contributed by atoms with E-state index in [4.69, 9.17) is 0 Å². The normalized spacial score (nSPS) is 11.6. The molecule has 4 aromatic rings. The van der Waals surface area contributed by atoms with Gasteiger partial charge in [0, 0.05) is 13.0 Å². The van der Waals surface area contributed by atoms with Crippen LogP contribution in [0.1, 0.15) is 29.3 Å². The van der Waals surface area contributed by atoms with Gasteiger partial charge in [0.05, 0.1) is 66.8 Å². The van der Waals surface area contributed by atoms with Crippen LogP contribution in [0.2, 0.25) is 0 Å². The Balaban J connectivity index is 1.98. The summed E-state index contributed by atoms with van der Waals surface area (Å²) in [6, 6.07) is 12.6. The molecule has 0 radical (unpaired) electrons. The van der Waals surface area contributed by atoms with Gasteiger partial charge in [0.1, 0.15) is 5.69 Å². The molecule has 0 aliphatic rings. The molecule has 2 aromatic heterocycles. The Bertz CT molecular complexity index is 1660. The smallest absolute Gasteiger partial charge is 0.340 e. The van der Waals surface area contributed by atoms with Gasteiger partial charge in [0.25, 0.3) is 0 Å². The second-order valence-electron chi connectivity index (χ2n) is 9.56. The number of nitrogens with zero attached hydrogens (tertiary/aromatic N) is 5. The first-order valence-corrected chi connectivity index (χ1v) is 12.6. The summed E-state index contributed by atoms with van der Waals surface area (Å²) in [5.74, 6) is 0. The highest BCUT2D eigenvalue weighted by Crippen LogP contribution is 2.32. The minimum Gasteiger partial charge on any atom is -0.340 e. The van der Waals surface area contributed by atoms with Gasteiger partial charge in [0.2, 0.25) is 0 Å². The fourth-order valence-electron chi connectivity index (χ4n) is 4.57. The van der Waals surface area contributed by atoms with Gasteiger partial charge in [-0.25, -0.2) is 18.8 Å². The van der Waals surface area contributed by atoms with Crippen molar-refractivity contribution in [3.8, 4) is 28.8 Å². The summed E-state index contributed by atoms with van der Waals surface area (Å²) in [5, 5.41) is 16.5. The SMILES string of the molecule is CCNC(=O)n1c(-c2ccnn2-c2ccc(C#N)cc2CC[NH+](C)C)c(C)n(-c2cccc(C(F)(F)F)c2)c1=O. The average Bonchev–Trinajstić information content (AvgIpc) is 3.48. The molecular formula is C28H29F3N7O2+. The van der Waals surface area contributed by atoms with Crippen LogP contribution >= 0.6 is 0 Å². The zero-order chi connectivity index (χ0) is 29.2. The first kappa shape index (κ1) is 28.4. The number of rotatable bonds is 7. The highest BCUT2D eigenvalue weighted by molar-refractivity contribution is 5.83. The van der Waals surface area contributed by atoms with Crippen LogP contribution in [-0.2, 0) is 12.6 Å². The highest BCUT2D eigenvalue weighted by Gasteiger charge is 2.32. The lowest BCUT2D eigenvalue weighted by atomic mass is 10.1. The number of carbonyl (C=O) groups excluding carboxylic acids is 1. The van der Waals surface area contributed by atoms with E-state index in [2.05, 4.69) is 16.5 Å². The van der Waals surface area contributed by atoms with E-state index < -0.39 is 23.5 Å². The van der Waals surface area contributed by atoms with Crippen molar-refractivity contribution in [2.24, 2.45) is 0 Å². The van der Waals surface area contributed by atoms with Gasteiger partial charge < -0.3 is 10.2 Å². The van der Waals surface area contributed by atoms with Gasteiger partial charge in [-0.2, -0.15) is 23.5 Å². The van der Waals surface area contributed by atoms with Gasteiger partial charge in [-0.3, -0.25) is 4.57 Å². The number of hydrogen-bond donors (Lipinski definition) is 2. The zero-order valence-electron chi connectivity index (χ0n) is 22.5. The maximum atomic E-state index is 13.7. The molecule has 1 amide bonds. The Morgan fingerprint density at radius 2 is 1.90 bits per heavy atom. The molecular weight excluding hydrogens is 523 g/mol. The van der Waals surface area contributed by atoms with Gasteiger partial charge in [-0.1, -0.05) is 6.07 Å². The number of amides is 1. The zero-order valence-corrected chi connectivity index (χ0v) is 22.5. The van der Waals surface area contributed by atoms with Crippen LogP contribution < -0.4 is 15.9 Å². The molecule has 2 aromatic carbocycles. The molecule has 2 heterocycles. The fourth-order valence-corrected chi connectivity index (χ4v) is 4.57. The van der Waals surface area contributed by atoms with E-state index >= 15 is 0 Å². The molecule has 0 saturated carbocycles. The maximum Gasteiger partial charge on any atom is 0.416 e. The third-order valence-corrected chi connectivity index (χ3v) is 6.46. The monoisotopic (exact) mass is 552 g/mol. The Kier molecular flexibility index (Phi) is 7.97. The lowest BCUT2D eigenvalue weighted by Crippen LogP contribution is -3.06. The van der Waals surface area contributed by atoms with Crippen molar-refractivity contribution in [3.63, 3.8) is 0 Å². The van der Waals surface area contributed by atoms with Gasteiger partial charge >= 0.3 is 17.9 Å². The summed E-state index contributed by atoms with van der Waals surface area (Å²) < 4.78 is 44.0. The third-order valence-electron chi connectivity index (χ3n) is 6.46. The molecule has 9 nitrogen and oxygen atoms in total. The second-order valence-corrected chi connectivity index (χ2v) is 9.56. The molecule has 0 saturated heterocycles. The molecule has 208 valence electrons. The van der Waals surface area contributed by atoms with Crippen molar-refractivity contribution >= 4 is 6.03 Å². The first-order chi connectivity index (χ1) is 19.0. The van der Waals surface area contributed by atoms with Crippen molar-refractivity contribution in [2.45, 2.75) is 26.4 Å². The van der Waals surface area contributed by atoms with Crippen molar-refractivity contribution in [1.29, 1.82) is 5.26 Å². The molecule has 0 unspecified atom stereocenters. The number of alkyl halides is 3. The predicted molar refractivity (Wildman–Crippen MR) is 143 cm³/mol. The summed E-state index contributed by atoms with van der Waals surface area (Å²) in [6.45, 7) is 4.26. The lowest BCUT2D eigenvalue weighted by Gasteiger charge is -2.15. The van der Waals surface area contributed by atoms with E-state index in [-0.39, 0.29) is 23.6 Å². The maximum absolute atomic E-state index is 13.7. The molecule has 40 heavy (non-hydrogen) atoms. The van der Waals surface area contributed by atoms with Gasteiger partial charge in [-0.15, -0.1) is 0 Å². The summed E-state index contributed by atoms with van der Waals surface area (Å²) >= 11 is 0. The number of carbonyl (C=O) groups is 1. The quantitative estimate of drug-likeness (QED) is 0.368. The molecule has 4 rings (SSSR count). The summed E-state index contributed by atoms with van der Waals surface area (Å²) in [5.41, 5.74) is 1.03. The molecule has 0 atom stereocenters. The molecule has 0 aliphatic heterocycles. The Labute approximate surface area is 228 Å². The molecule has 2 N–H and O–H groups in total. The van der Waals surface area contributed by atoms with E-state index in [0.717, 1.165) is 33.4 Å². The largest absolute Gasteiger partial charge is 0.416 e. The number of likely N-dealkylation sites (N-methyl/N-ethyl adjacent to an activating group) is 1. The number of benzene rings is 2. The predicted octanol–water partition coefficient (Wildman–Crippen LogP) is 2.96. The van der Waals surface area contributed by atoms with Crippen LogP contribution in [0.5, 0.6) is 0 Å². The fraction of sp³-hybridized carbons (Fsp3) is 0.286. The number of nitriles is 1. The number of quaternary nitrogens is 1. The van der Waals surface area contributed by atoms with E-state index in [1.54, 1.807) is 42.8 Å². The lowest BCUT2D eigenvalue weighted by molar-refractivity contribution is -0.858. The average molecular weight is 553 g/mol. The van der Waals surface area contributed by atoms with Gasteiger partial charge in [-0.05, 0) is 61.9 Å². The van der Waals surface area contributed by atoms with Crippen molar-refractivity contribution in [2.75, 3.05) is 27.2 Å². The van der Waals surface area contributed by atoms with Crippen LogP contribution in [0.4, 0.5) is 18.0 Å². The minimum absolute atomic E-state index is 0.0271. The molecule has 0 aliphatic carbocycles. The third kappa shape index (κ3) is 5.41. The topological polar surface area (TPSA) is 102 Å². The standard InChI is InChI=1S/C28H28F3N7O2/c1-5-33-26(39)37-25(18(2)36(27(37)40)22-8-6-7-21(16-22)28(29,30)31)24-11-13-34-38(24)23-10-9-19(17-32)15-20(23)12-14-35(3)4/h6-11,13,15-16H,5,12,14H2,1-4H3,(H,33,39)/p+1. The van der Waals surface area contributed by atoms with Crippen LogP contribution in [0.25, 0.3) is 22.8 Å². The van der Waals surface area contributed by atoms with Crippen LogP contribution in [0.15, 0.2) is 59.5 Å². The number of imidazole rings is 1. The van der Waals surface area contributed by atoms with Crippen molar-refractivity contribution in [3.05, 3.63) is 87.6 Å². The van der Waals surface area contributed by atoms with E-state index in [0.29, 0.717) is 23.4 Å². The van der Waals surface area contributed by atoms with Crippen molar-refractivity contribution < 1.29 is 22.9 Å². The number of aromatic nitrogens is 4. The van der Waals surface area contributed by atoms with Crippen LogP contribution in [0, 0.1) is 18.3 Å². The second kappa shape index (κ2) is 11.2. The molecule has 0 spiro atoms. The number of nitrogens with one attached hydrogen (secondary N) is 2. The van der Waals surface area contributed by atoms with E-state index in [1.807, 2.05) is 14.1 Å². The molecule has 0 bridgehead atoms. The molecule has 12 heteroatoms. The first-order valence-electron chi connectivity index (χ1n) is 12.6. The van der Waals surface area contributed by atoms with Crippen molar-refractivity contribution in [1.82, 2.24) is 24.2 Å². The summed E-state index contributed by atoms with van der Waals surface area (Å²) in [4.78, 5) is 28.0. The Hall–Kier alpha value is -4.63. The van der Waals surface area contributed by atoms with E-state index in [1.165, 1.54) is 23.2 Å². The highest BCUT2D eigenvalue weighted by atomic mass is 19.4. The number of halogens is 3.